The molecule has 0 spiro atoms. The summed E-state index contributed by atoms with van der Waals surface area (Å²) >= 11 is 1.71. The molecule has 0 radical (unpaired) electrons. The van der Waals surface area contributed by atoms with Gasteiger partial charge in [0, 0.05) is 36.4 Å². The van der Waals surface area contributed by atoms with E-state index in [1.807, 2.05) is 12.1 Å². The van der Waals surface area contributed by atoms with Gasteiger partial charge in [0.05, 0.1) is 6.61 Å². The first-order valence-electron chi connectivity index (χ1n) is 5.44. The zero-order chi connectivity index (χ0) is 12.5. The maximum absolute atomic E-state index is 11.6. The van der Waals surface area contributed by atoms with Gasteiger partial charge in [0.15, 0.2) is 0 Å². The number of hydrogen-bond donors (Lipinski definition) is 2. The molecule has 17 heavy (non-hydrogen) atoms. The van der Waals surface area contributed by atoms with Crippen LogP contribution in [0.15, 0.2) is 24.3 Å². The molecule has 0 unspecified atom stereocenters. The first-order chi connectivity index (χ1) is 8.22. The van der Waals surface area contributed by atoms with Crippen molar-refractivity contribution in [3.8, 4) is 0 Å². The van der Waals surface area contributed by atoms with Crippen LogP contribution in [0.5, 0.6) is 0 Å². The number of benzene rings is 1. The van der Waals surface area contributed by atoms with Crippen molar-refractivity contribution in [3.63, 3.8) is 0 Å². The van der Waals surface area contributed by atoms with Crippen molar-refractivity contribution in [2.75, 3.05) is 36.3 Å². The molecule has 0 aliphatic heterocycles. The normalized spacial score (nSPS) is 10.2. The maximum atomic E-state index is 11.6. The van der Waals surface area contributed by atoms with E-state index < -0.39 is 0 Å². The third-order valence-corrected chi connectivity index (χ3v) is 3.02. The fourth-order valence-electron chi connectivity index (χ4n) is 1.25. The average Bonchev–Trinajstić information content (AvgIpc) is 2.29. The number of carbonyl (C=O) groups is 1. The monoisotopic (exact) mass is 254 g/mol. The molecular formula is C12H18N2O2S. The van der Waals surface area contributed by atoms with E-state index in [9.17, 15) is 4.79 Å². The summed E-state index contributed by atoms with van der Waals surface area (Å²) in [6.45, 7) is 0.724. The number of nitrogens with one attached hydrogen (secondary N) is 1. The predicted octanol–water partition coefficient (Wildman–Crippen LogP) is 1.98. The Hall–Kier alpha value is -1.20. The minimum atomic E-state index is 0.0144. The Labute approximate surface area is 106 Å². The van der Waals surface area contributed by atoms with E-state index in [1.54, 1.807) is 31.0 Å². The van der Waals surface area contributed by atoms with Crippen LogP contribution in [0.2, 0.25) is 0 Å². The Morgan fingerprint density at radius 3 is 3.00 bits per heavy atom. The summed E-state index contributed by atoms with van der Waals surface area (Å²) in [5.41, 5.74) is 7.02. The van der Waals surface area contributed by atoms with Gasteiger partial charge in [-0.3, -0.25) is 4.79 Å². The van der Waals surface area contributed by atoms with Crippen LogP contribution >= 0.6 is 11.8 Å². The van der Waals surface area contributed by atoms with Gasteiger partial charge in [-0.2, -0.15) is 11.8 Å². The van der Waals surface area contributed by atoms with Gasteiger partial charge in [-0.1, -0.05) is 6.07 Å². The third kappa shape index (κ3) is 6.19. The zero-order valence-electron chi connectivity index (χ0n) is 9.94. The molecular weight excluding hydrogens is 236 g/mol. The molecule has 1 aromatic carbocycles. The van der Waals surface area contributed by atoms with Crippen LogP contribution in [0.3, 0.4) is 0 Å². The fourth-order valence-corrected chi connectivity index (χ4v) is 2.07. The molecule has 4 nitrogen and oxygen atoms in total. The minimum Gasteiger partial charge on any atom is -0.399 e. The van der Waals surface area contributed by atoms with Gasteiger partial charge in [-0.15, -0.1) is 0 Å². The number of rotatable bonds is 7. The number of nitrogen functional groups attached to an aromatic ring is 1. The van der Waals surface area contributed by atoms with Gasteiger partial charge in [0.1, 0.15) is 0 Å². The molecule has 1 rings (SSSR count). The third-order valence-electron chi connectivity index (χ3n) is 2.08. The second-order valence-electron chi connectivity index (χ2n) is 3.53. The number of methoxy groups -OCH3 is 1. The Morgan fingerprint density at radius 1 is 1.47 bits per heavy atom. The van der Waals surface area contributed by atoms with Crippen LogP contribution in [0.4, 0.5) is 11.4 Å². The number of hydrogen-bond acceptors (Lipinski definition) is 4. The summed E-state index contributed by atoms with van der Waals surface area (Å²) in [6, 6.07) is 7.18. The highest BCUT2D eigenvalue weighted by Gasteiger charge is 2.02. The highest BCUT2D eigenvalue weighted by Crippen LogP contribution is 2.12. The largest absolute Gasteiger partial charge is 0.399 e. The van der Waals surface area contributed by atoms with Gasteiger partial charge in [-0.25, -0.2) is 0 Å². The average molecular weight is 254 g/mol. The summed E-state index contributed by atoms with van der Waals surface area (Å²) in [5.74, 6) is 1.74. The maximum Gasteiger partial charge on any atom is 0.225 e. The lowest BCUT2D eigenvalue weighted by molar-refractivity contribution is -0.115. The molecule has 0 saturated carbocycles. The fraction of sp³-hybridized carbons (Fsp3) is 0.417. The first-order valence-corrected chi connectivity index (χ1v) is 6.60. The molecule has 94 valence electrons. The molecule has 0 aliphatic rings. The van der Waals surface area contributed by atoms with Crippen molar-refractivity contribution in [1.82, 2.24) is 0 Å². The van der Waals surface area contributed by atoms with Gasteiger partial charge in [0.25, 0.3) is 0 Å². The second kappa shape index (κ2) is 7.97. The summed E-state index contributed by atoms with van der Waals surface area (Å²) in [7, 11) is 1.67. The Bertz CT molecular complexity index is 358. The number of ether oxygens (including phenoxy) is 1. The van der Waals surface area contributed by atoms with Crippen LogP contribution in [0, 0.1) is 0 Å². The molecule has 0 aliphatic carbocycles. The standard InChI is InChI=1S/C12H18N2O2S/c1-16-6-8-17-7-5-12(15)14-11-4-2-3-10(13)9-11/h2-4,9H,5-8,13H2,1H3,(H,14,15). The number of anilines is 2. The number of amides is 1. The lowest BCUT2D eigenvalue weighted by Crippen LogP contribution is -2.12. The van der Waals surface area contributed by atoms with Crippen LogP contribution in [-0.4, -0.2) is 31.1 Å². The van der Waals surface area contributed by atoms with E-state index in [1.165, 1.54) is 0 Å². The summed E-state index contributed by atoms with van der Waals surface area (Å²) in [5, 5.41) is 2.81. The van der Waals surface area contributed by atoms with E-state index in [4.69, 9.17) is 10.5 Å². The van der Waals surface area contributed by atoms with Crippen LogP contribution in [0.25, 0.3) is 0 Å². The summed E-state index contributed by atoms with van der Waals surface area (Å²) in [4.78, 5) is 11.6. The minimum absolute atomic E-state index is 0.0144. The Balaban J connectivity index is 2.21. The molecule has 0 atom stereocenters. The van der Waals surface area contributed by atoms with Crippen molar-refractivity contribution in [3.05, 3.63) is 24.3 Å². The molecule has 5 heteroatoms. The SMILES string of the molecule is COCCSCCC(=O)Nc1cccc(N)c1. The Morgan fingerprint density at radius 2 is 2.29 bits per heavy atom. The molecule has 1 aromatic rings. The second-order valence-corrected chi connectivity index (χ2v) is 4.75. The number of nitrogens with two attached hydrogens (primary N) is 1. The van der Waals surface area contributed by atoms with Crippen molar-refractivity contribution in [2.24, 2.45) is 0 Å². The highest BCUT2D eigenvalue weighted by molar-refractivity contribution is 7.99. The molecule has 3 N–H and O–H groups in total. The predicted molar refractivity (Wildman–Crippen MR) is 73.3 cm³/mol. The number of thioether (sulfide) groups is 1. The molecule has 1 amide bonds. The van der Waals surface area contributed by atoms with E-state index >= 15 is 0 Å². The van der Waals surface area contributed by atoms with Crippen molar-refractivity contribution < 1.29 is 9.53 Å². The molecule has 0 saturated heterocycles. The smallest absolute Gasteiger partial charge is 0.225 e. The van der Waals surface area contributed by atoms with E-state index in [0.29, 0.717) is 12.1 Å². The summed E-state index contributed by atoms with van der Waals surface area (Å²) < 4.78 is 4.92. The van der Waals surface area contributed by atoms with Crippen molar-refractivity contribution in [1.29, 1.82) is 0 Å². The molecule has 0 bridgehead atoms. The summed E-state index contributed by atoms with van der Waals surface area (Å²) in [6.07, 6.45) is 0.503. The van der Waals surface area contributed by atoms with Gasteiger partial charge in [0.2, 0.25) is 5.91 Å². The van der Waals surface area contributed by atoms with Crippen molar-refractivity contribution in [2.45, 2.75) is 6.42 Å². The van der Waals surface area contributed by atoms with E-state index in [2.05, 4.69) is 5.32 Å². The lowest BCUT2D eigenvalue weighted by Gasteiger charge is -2.05. The van der Waals surface area contributed by atoms with E-state index in [-0.39, 0.29) is 5.91 Å². The molecule has 0 aromatic heterocycles. The molecule has 0 heterocycles. The van der Waals surface area contributed by atoms with Gasteiger partial charge >= 0.3 is 0 Å². The Kier molecular flexibility index (Phi) is 6.50. The van der Waals surface area contributed by atoms with Crippen LogP contribution in [-0.2, 0) is 9.53 Å². The zero-order valence-corrected chi connectivity index (χ0v) is 10.8. The molecule has 0 fully saturated rings. The van der Waals surface area contributed by atoms with Crippen LogP contribution in [0.1, 0.15) is 6.42 Å². The van der Waals surface area contributed by atoms with Crippen molar-refractivity contribution >= 4 is 29.0 Å². The van der Waals surface area contributed by atoms with E-state index in [0.717, 1.165) is 23.8 Å². The quantitative estimate of drug-likeness (QED) is 0.577. The van der Waals surface area contributed by atoms with Crippen LogP contribution < -0.4 is 11.1 Å². The van der Waals surface area contributed by atoms with Gasteiger partial charge in [-0.05, 0) is 18.2 Å². The lowest BCUT2D eigenvalue weighted by atomic mass is 10.3. The highest BCUT2D eigenvalue weighted by atomic mass is 32.2. The van der Waals surface area contributed by atoms with Gasteiger partial charge < -0.3 is 15.8 Å². The first kappa shape index (κ1) is 13.9. The number of carbonyl (C=O) groups excluding carboxylic acids is 1. The topological polar surface area (TPSA) is 64.3 Å².